The second-order valence-corrected chi connectivity index (χ2v) is 7.13. The van der Waals surface area contributed by atoms with Crippen molar-refractivity contribution >= 4 is 17.5 Å². The molecule has 2 aromatic rings. The van der Waals surface area contributed by atoms with E-state index in [1.807, 2.05) is 35.7 Å². The first kappa shape index (κ1) is 14.6. The van der Waals surface area contributed by atoms with Crippen molar-refractivity contribution in [2.75, 3.05) is 5.75 Å². The number of allylic oxidation sites excluding steroid dienone is 1. The summed E-state index contributed by atoms with van der Waals surface area (Å²) in [5, 5.41) is 1.92. The van der Waals surface area contributed by atoms with Gasteiger partial charge in [0.2, 0.25) is 0 Å². The summed E-state index contributed by atoms with van der Waals surface area (Å²) in [7, 11) is 0. The van der Waals surface area contributed by atoms with Gasteiger partial charge >= 0.3 is 0 Å². The van der Waals surface area contributed by atoms with Gasteiger partial charge in [0.05, 0.1) is 0 Å². The summed E-state index contributed by atoms with van der Waals surface area (Å²) in [5.41, 5.74) is 2.28. The Labute approximate surface area is 140 Å². The van der Waals surface area contributed by atoms with Gasteiger partial charge in [0.1, 0.15) is 12.4 Å². The van der Waals surface area contributed by atoms with Gasteiger partial charge < -0.3 is 4.74 Å². The number of hydrogen-bond donors (Lipinski definition) is 0. The lowest BCUT2D eigenvalue weighted by molar-refractivity contribution is -0.118. The minimum Gasteiger partial charge on any atom is -0.489 e. The zero-order valence-corrected chi connectivity index (χ0v) is 13.6. The Morgan fingerprint density at radius 2 is 1.87 bits per heavy atom. The van der Waals surface area contributed by atoms with Crippen LogP contribution in [-0.4, -0.2) is 11.5 Å². The molecule has 1 spiro atoms. The second kappa shape index (κ2) is 5.89. The van der Waals surface area contributed by atoms with E-state index < -0.39 is 0 Å². The van der Waals surface area contributed by atoms with Gasteiger partial charge in [0, 0.05) is 11.2 Å². The molecule has 2 aromatic carbocycles. The summed E-state index contributed by atoms with van der Waals surface area (Å²) in [4.78, 5) is 12.2. The van der Waals surface area contributed by atoms with Crippen LogP contribution in [0.25, 0.3) is 0 Å². The van der Waals surface area contributed by atoms with E-state index in [0.29, 0.717) is 18.3 Å². The van der Waals surface area contributed by atoms with Crippen LogP contribution in [0.5, 0.6) is 5.75 Å². The molecule has 4 rings (SSSR count). The molecule has 1 saturated carbocycles. The first-order chi connectivity index (χ1) is 11.3. The molecule has 0 aromatic heterocycles. The van der Waals surface area contributed by atoms with Crippen LogP contribution in [0.1, 0.15) is 23.5 Å². The van der Waals surface area contributed by atoms with Gasteiger partial charge in [-0.3, -0.25) is 4.79 Å². The monoisotopic (exact) mass is 322 g/mol. The van der Waals surface area contributed by atoms with Crippen molar-refractivity contribution in [3.63, 3.8) is 0 Å². The molecule has 3 heteroatoms. The van der Waals surface area contributed by atoms with Crippen molar-refractivity contribution in [3.05, 3.63) is 77.2 Å². The van der Waals surface area contributed by atoms with E-state index in [4.69, 9.17) is 4.74 Å². The Balaban J connectivity index is 1.41. The average Bonchev–Trinajstić information content (AvgIpc) is 3.32. The molecule has 1 heterocycles. The van der Waals surface area contributed by atoms with Gasteiger partial charge in [-0.15, -0.1) is 11.8 Å². The maximum absolute atomic E-state index is 12.2. The van der Waals surface area contributed by atoms with Crippen LogP contribution in [-0.2, 0) is 11.4 Å². The Kier molecular flexibility index (Phi) is 3.74. The van der Waals surface area contributed by atoms with Crippen LogP contribution in [0.3, 0.4) is 0 Å². The Morgan fingerprint density at radius 1 is 1.09 bits per heavy atom. The molecule has 0 N–H and O–H groups in total. The van der Waals surface area contributed by atoms with E-state index in [2.05, 4.69) is 24.3 Å². The molecule has 116 valence electrons. The minimum atomic E-state index is -0.133. The fourth-order valence-electron chi connectivity index (χ4n) is 3.26. The molecule has 1 aliphatic heterocycles. The maximum atomic E-state index is 12.2. The topological polar surface area (TPSA) is 26.3 Å². The van der Waals surface area contributed by atoms with Gasteiger partial charge in [-0.2, -0.15) is 0 Å². The predicted molar refractivity (Wildman–Crippen MR) is 93.6 cm³/mol. The van der Waals surface area contributed by atoms with Gasteiger partial charge in [-0.05, 0) is 47.1 Å². The number of benzene rings is 2. The zero-order chi connectivity index (χ0) is 15.7. The Hall–Kier alpha value is -2.00. The molecular formula is C20H18O2S. The van der Waals surface area contributed by atoms with E-state index in [1.54, 1.807) is 17.8 Å². The van der Waals surface area contributed by atoms with Crippen LogP contribution < -0.4 is 4.74 Å². The lowest BCUT2D eigenvalue weighted by atomic mass is 9.96. The lowest BCUT2D eigenvalue weighted by Gasteiger charge is -2.16. The normalized spacial score (nSPS) is 25.6. The molecule has 0 unspecified atom stereocenters. The van der Waals surface area contributed by atoms with Crippen molar-refractivity contribution in [1.82, 2.24) is 0 Å². The SMILES string of the molecule is O=C1C=CSC[C@@]12C[C@@H]2c1ccc(OCc2ccccc2)cc1. The molecule has 1 fully saturated rings. The third-order valence-corrected chi connectivity index (χ3v) is 5.76. The summed E-state index contributed by atoms with van der Waals surface area (Å²) < 4.78 is 5.82. The van der Waals surface area contributed by atoms with E-state index in [0.717, 1.165) is 23.5 Å². The van der Waals surface area contributed by atoms with Crippen molar-refractivity contribution in [2.24, 2.45) is 5.41 Å². The van der Waals surface area contributed by atoms with Crippen LogP contribution in [0.4, 0.5) is 0 Å². The smallest absolute Gasteiger partial charge is 0.163 e. The van der Waals surface area contributed by atoms with Crippen LogP contribution >= 0.6 is 11.8 Å². The first-order valence-corrected chi connectivity index (χ1v) is 8.92. The van der Waals surface area contributed by atoms with E-state index in [9.17, 15) is 4.79 Å². The molecule has 2 atom stereocenters. The highest BCUT2D eigenvalue weighted by atomic mass is 32.2. The summed E-state index contributed by atoms with van der Waals surface area (Å²) >= 11 is 1.75. The lowest BCUT2D eigenvalue weighted by Crippen LogP contribution is -2.20. The fraction of sp³-hybridized carbons (Fsp3) is 0.250. The van der Waals surface area contributed by atoms with Gasteiger partial charge in [-0.1, -0.05) is 42.5 Å². The number of carbonyl (C=O) groups is 1. The molecular weight excluding hydrogens is 304 g/mol. The molecule has 0 saturated heterocycles. The third-order valence-electron chi connectivity index (χ3n) is 4.75. The number of hydrogen-bond acceptors (Lipinski definition) is 3. The summed E-state index contributed by atoms with van der Waals surface area (Å²) in [6, 6.07) is 18.4. The summed E-state index contributed by atoms with van der Waals surface area (Å²) in [6.07, 6.45) is 2.72. The summed E-state index contributed by atoms with van der Waals surface area (Å²) in [5.74, 6) is 2.46. The number of carbonyl (C=O) groups excluding carboxylic acids is 1. The van der Waals surface area contributed by atoms with Crippen molar-refractivity contribution in [2.45, 2.75) is 18.9 Å². The van der Waals surface area contributed by atoms with E-state index in [-0.39, 0.29) is 5.41 Å². The number of ether oxygens (including phenoxy) is 1. The summed E-state index contributed by atoms with van der Waals surface area (Å²) in [6.45, 7) is 0.577. The standard InChI is InChI=1S/C20H18O2S/c21-19-10-11-23-14-20(19)12-18(20)16-6-8-17(9-7-16)22-13-15-4-2-1-3-5-15/h1-11,18H,12-14H2/t18-,20-/m1/s1. The van der Waals surface area contributed by atoms with Gasteiger partial charge in [0.25, 0.3) is 0 Å². The molecule has 23 heavy (non-hydrogen) atoms. The highest BCUT2D eigenvalue weighted by Crippen LogP contribution is 2.62. The van der Waals surface area contributed by atoms with E-state index in [1.165, 1.54) is 5.56 Å². The van der Waals surface area contributed by atoms with Crippen LogP contribution in [0.2, 0.25) is 0 Å². The Bertz CT molecular complexity index is 736. The highest BCUT2D eigenvalue weighted by Gasteiger charge is 2.59. The zero-order valence-electron chi connectivity index (χ0n) is 12.8. The molecule has 2 nitrogen and oxygen atoms in total. The van der Waals surface area contributed by atoms with Crippen molar-refractivity contribution < 1.29 is 9.53 Å². The molecule has 2 aliphatic rings. The average molecular weight is 322 g/mol. The first-order valence-electron chi connectivity index (χ1n) is 7.87. The molecule has 0 amide bonds. The van der Waals surface area contributed by atoms with Gasteiger partial charge in [-0.25, -0.2) is 0 Å². The molecule has 0 bridgehead atoms. The largest absolute Gasteiger partial charge is 0.489 e. The predicted octanol–water partition coefficient (Wildman–Crippen LogP) is 4.57. The van der Waals surface area contributed by atoms with Gasteiger partial charge in [0.15, 0.2) is 5.78 Å². The number of rotatable bonds is 4. The van der Waals surface area contributed by atoms with Crippen molar-refractivity contribution in [1.29, 1.82) is 0 Å². The molecule has 1 aliphatic carbocycles. The maximum Gasteiger partial charge on any atom is 0.163 e. The fourth-order valence-corrected chi connectivity index (χ4v) is 4.33. The van der Waals surface area contributed by atoms with E-state index >= 15 is 0 Å². The quantitative estimate of drug-likeness (QED) is 0.825. The highest BCUT2D eigenvalue weighted by molar-refractivity contribution is 8.02. The molecule has 0 radical (unpaired) electrons. The van der Waals surface area contributed by atoms with Crippen LogP contribution in [0.15, 0.2) is 66.1 Å². The Morgan fingerprint density at radius 3 is 2.61 bits per heavy atom. The number of thioether (sulfide) groups is 1. The van der Waals surface area contributed by atoms with Crippen molar-refractivity contribution in [3.8, 4) is 5.75 Å². The van der Waals surface area contributed by atoms with Crippen LogP contribution in [0, 0.1) is 5.41 Å². The third kappa shape index (κ3) is 2.81. The second-order valence-electron chi connectivity index (χ2n) is 6.23. The minimum absolute atomic E-state index is 0.133. The number of ketones is 1.